The molecule has 1 amide bonds. The topological polar surface area (TPSA) is 38.3 Å². The van der Waals surface area contributed by atoms with Crippen molar-refractivity contribution in [1.82, 2.24) is 5.32 Å². The van der Waals surface area contributed by atoms with Crippen molar-refractivity contribution in [3.63, 3.8) is 0 Å². The molecular weight excluding hydrogens is 250 g/mol. The molecular formula is C17H29NO2. The van der Waals surface area contributed by atoms with Crippen LogP contribution in [0.15, 0.2) is 12.2 Å². The first-order chi connectivity index (χ1) is 9.76. The average molecular weight is 279 g/mol. The van der Waals surface area contributed by atoms with Gasteiger partial charge in [0.05, 0.1) is 0 Å². The van der Waals surface area contributed by atoms with Crippen molar-refractivity contribution in [1.29, 1.82) is 0 Å². The van der Waals surface area contributed by atoms with E-state index in [0.717, 1.165) is 45.4 Å². The lowest BCUT2D eigenvalue weighted by atomic mass is 9.82. The summed E-state index contributed by atoms with van der Waals surface area (Å²) in [5.41, 5.74) is 0.301. The molecule has 0 radical (unpaired) electrons. The third-order valence-electron chi connectivity index (χ3n) is 4.92. The van der Waals surface area contributed by atoms with E-state index in [4.69, 9.17) is 4.74 Å². The Morgan fingerprint density at radius 3 is 2.80 bits per heavy atom. The van der Waals surface area contributed by atoms with Gasteiger partial charge in [-0.1, -0.05) is 25.0 Å². The molecule has 0 aromatic carbocycles. The van der Waals surface area contributed by atoms with Gasteiger partial charge in [0, 0.05) is 25.7 Å². The Hall–Kier alpha value is -0.830. The summed E-state index contributed by atoms with van der Waals surface area (Å²) in [4.78, 5) is 12.3. The van der Waals surface area contributed by atoms with Crippen LogP contribution in [0.4, 0.5) is 0 Å². The van der Waals surface area contributed by atoms with E-state index in [9.17, 15) is 4.79 Å². The summed E-state index contributed by atoms with van der Waals surface area (Å²) in [5.74, 6) is 0.461. The second kappa shape index (κ2) is 7.82. The maximum Gasteiger partial charge on any atom is 0.223 e. The highest BCUT2D eigenvalue weighted by Crippen LogP contribution is 2.40. The van der Waals surface area contributed by atoms with Gasteiger partial charge in [-0.2, -0.15) is 0 Å². The van der Waals surface area contributed by atoms with Gasteiger partial charge < -0.3 is 10.1 Å². The van der Waals surface area contributed by atoms with Gasteiger partial charge in [-0.05, 0) is 50.9 Å². The van der Waals surface area contributed by atoms with Gasteiger partial charge in [0.15, 0.2) is 0 Å². The molecule has 1 N–H and O–H groups in total. The molecule has 2 rings (SSSR count). The Morgan fingerprint density at radius 1 is 1.35 bits per heavy atom. The van der Waals surface area contributed by atoms with E-state index in [0.29, 0.717) is 5.41 Å². The predicted molar refractivity (Wildman–Crippen MR) is 81.5 cm³/mol. The van der Waals surface area contributed by atoms with Crippen molar-refractivity contribution in [2.45, 2.75) is 58.3 Å². The molecule has 114 valence electrons. The second-order valence-corrected chi connectivity index (χ2v) is 6.35. The van der Waals surface area contributed by atoms with Crippen molar-refractivity contribution >= 4 is 5.91 Å². The van der Waals surface area contributed by atoms with Crippen molar-refractivity contribution in [2.24, 2.45) is 11.3 Å². The van der Waals surface area contributed by atoms with E-state index in [1.165, 1.54) is 25.7 Å². The zero-order chi connectivity index (χ0) is 14.3. The van der Waals surface area contributed by atoms with E-state index in [1.807, 2.05) is 6.92 Å². The predicted octanol–water partition coefficient (Wildman–Crippen LogP) is 3.45. The maximum absolute atomic E-state index is 12.3. The van der Waals surface area contributed by atoms with Crippen molar-refractivity contribution < 1.29 is 9.53 Å². The minimum atomic E-state index is 0.199. The standard InChI is InChI=1S/C17H29NO2/c1-2-20-13-12-17(10-6-7-11-17)14-18-16(19)15-8-4-3-5-9-15/h3-4,15H,2,5-14H2,1H3,(H,18,19)/t15-/m0/s1. The number of rotatable bonds is 7. The SMILES string of the molecule is CCOCCC1(CNC(=O)[C@H]2CC=CCC2)CCCC1. The molecule has 0 spiro atoms. The summed E-state index contributed by atoms with van der Waals surface area (Å²) in [7, 11) is 0. The monoisotopic (exact) mass is 279 g/mol. The normalized spacial score (nSPS) is 24.8. The first-order valence-corrected chi connectivity index (χ1v) is 8.26. The Balaban J connectivity index is 1.79. The fourth-order valence-electron chi connectivity index (χ4n) is 3.52. The maximum atomic E-state index is 12.3. The molecule has 1 atom stereocenters. The van der Waals surface area contributed by atoms with Crippen molar-refractivity contribution in [3.8, 4) is 0 Å². The molecule has 20 heavy (non-hydrogen) atoms. The van der Waals surface area contributed by atoms with Gasteiger partial charge >= 0.3 is 0 Å². The molecule has 1 fully saturated rings. The minimum Gasteiger partial charge on any atom is -0.382 e. The van der Waals surface area contributed by atoms with Crippen LogP contribution in [0.5, 0.6) is 0 Å². The summed E-state index contributed by atoms with van der Waals surface area (Å²) < 4.78 is 5.52. The molecule has 0 bridgehead atoms. The summed E-state index contributed by atoms with van der Waals surface area (Å²) in [6.45, 7) is 4.51. The van der Waals surface area contributed by atoms with Crippen LogP contribution >= 0.6 is 0 Å². The van der Waals surface area contributed by atoms with Gasteiger partial charge in [-0.3, -0.25) is 4.79 Å². The zero-order valence-corrected chi connectivity index (χ0v) is 12.8. The van der Waals surface area contributed by atoms with Crippen LogP contribution in [0, 0.1) is 11.3 Å². The molecule has 1 saturated carbocycles. The van der Waals surface area contributed by atoms with Crippen LogP contribution in [0.2, 0.25) is 0 Å². The highest BCUT2D eigenvalue weighted by Gasteiger charge is 2.34. The zero-order valence-electron chi connectivity index (χ0n) is 12.8. The molecule has 0 heterocycles. The Kier molecular flexibility index (Phi) is 6.08. The van der Waals surface area contributed by atoms with Crippen LogP contribution in [-0.4, -0.2) is 25.7 Å². The lowest BCUT2D eigenvalue weighted by Crippen LogP contribution is -2.40. The van der Waals surface area contributed by atoms with E-state index in [2.05, 4.69) is 17.5 Å². The highest BCUT2D eigenvalue weighted by molar-refractivity contribution is 5.79. The molecule has 2 aliphatic rings. The lowest BCUT2D eigenvalue weighted by molar-refractivity contribution is -0.125. The lowest BCUT2D eigenvalue weighted by Gasteiger charge is -2.30. The Labute approximate surface area is 123 Å². The third kappa shape index (κ3) is 4.34. The summed E-state index contributed by atoms with van der Waals surface area (Å²) in [6.07, 6.45) is 13.5. The number of carbonyl (C=O) groups is 1. The fourth-order valence-corrected chi connectivity index (χ4v) is 3.52. The van der Waals surface area contributed by atoms with E-state index >= 15 is 0 Å². The van der Waals surface area contributed by atoms with Crippen LogP contribution in [0.3, 0.4) is 0 Å². The molecule has 0 unspecified atom stereocenters. The van der Waals surface area contributed by atoms with Crippen molar-refractivity contribution in [3.05, 3.63) is 12.2 Å². The van der Waals surface area contributed by atoms with E-state index in [-0.39, 0.29) is 11.8 Å². The Morgan fingerprint density at radius 2 is 2.15 bits per heavy atom. The van der Waals surface area contributed by atoms with Crippen molar-refractivity contribution in [2.75, 3.05) is 19.8 Å². The largest absolute Gasteiger partial charge is 0.382 e. The molecule has 0 aliphatic heterocycles. The van der Waals surface area contributed by atoms with Crippen LogP contribution in [0.1, 0.15) is 58.3 Å². The highest BCUT2D eigenvalue weighted by atomic mass is 16.5. The quantitative estimate of drug-likeness (QED) is 0.572. The molecule has 3 heteroatoms. The third-order valence-corrected chi connectivity index (χ3v) is 4.92. The van der Waals surface area contributed by atoms with Crippen LogP contribution in [-0.2, 0) is 9.53 Å². The van der Waals surface area contributed by atoms with E-state index in [1.54, 1.807) is 0 Å². The summed E-state index contributed by atoms with van der Waals surface area (Å²) in [6, 6.07) is 0. The molecule has 0 saturated heterocycles. The van der Waals surface area contributed by atoms with Gasteiger partial charge in [0.2, 0.25) is 5.91 Å². The molecule has 2 aliphatic carbocycles. The second-order valence-electron chi connectivity index (χ2n) is 6.35. The molecule has 3 nitrogen and oxygen atoms in total. The van der Waals surface area contributed by atoms with Gasteiger partial charge in [0.25, 0.3) is 0 Å². The number of ether oxygens (including phenoxy) is 1. The first-order valence-electron chi connectivity index (χ1n) is 8.26. The number of nitrogens with one attached hydrogen (secondary N) is 1. The van der Waals surface area contributed by atoms with E-state index < -0.39 is 0 Å². The number of carbonyl (C=O) groups excluding carboxylic acids is 1. The van der Waals surface area contributed by atoms with Crippen LogP contribution in [0.25, 0.3) is 0 Å². The smallest absolute Gasteiger partial charge is 0.223 e. The minimum absolute atomic E-state index is 0.199. The fraction of sp³-hybridized carbons (Fsp3) is 0.824. The first kappa shape index (κ1) is 15.6. The summed E-state index contributed by atoms with van der Waals surface area (Å²) in [5, 5.41) is 3.23. The Bertz CT molecular complexity index is 332. The van der Waals surface area contributed by atoms with Crippen LogP contribution < -0.4 is 5.32 Å². The molecule has 0 aromatic heterocycles. The number of hydrogen-bond acceptors (Lipinski definition) is 2. The average Bonchev–Trinajstić information content (AvgIpc) is 2.95. The number of allylic oxidation sites excluding steroid dienone is 2. The van der Waals surface area contributed by atoms with Gasteiger partial charge in [-0.15, -0.1) is 0 Å². The van der Waals surface area contributed by atoms with Gasteiger partial charge in [-0.25, -0.2) is 0 Å². The number of amides is 1. The van der Waals surface area contributed by atoms with Gasteiger partial charge in [0.1, 0.15) is 0 Å². The number of hydrogen-bond donors (Lipinski definition) is 1. The molecule has 0 aromatic rings. The summed E-state index contributed by atoms with van der Waals surface area (Å²) >= 11 is 0.